The molecular weight excluding hydrogens is 322 g/mol. The second kappa shape index (κ2) is 6.82. The van der Waals surface area contributed by atoms with Crippen LogP contribution in [-0.4, -0.2) is 18.2 Å². The first-order chi connectivity index (χ1) is 9.11. The van der Waals surface area contributed by atoms with Gasteiger partial charge in [-0.3, -0.25) is 0 Å². The molecule has 2 rings (SSSR count). The zero-order chi connectivity index (χ0) is 13.8. The average Bonchev–Trinajstić information content (AvgIpc) is 2.39. The quantitative estimate of drug-likeness (QED) is 0.676. The molecule has 0 spiro atoms. The Bertz CT molecular complexity index is 555. The smallest absolute Gasteiger partial charge is 0.307 e. The zero-order valence-corrected chi connectivity index (χ0v) is 13.7. The van der Waals surface area contributed by atoms with Gasteiger partial charge in [-0.05, 0) is 29.2 Å². The molecule has 2 aromatic carbocycles. The molecule has 0 aliphatic rings. The maximum Gasteiger partial charge on any atom is 0.469 e. The Hall–Kier alpha value is -0.454. The molecule has 96 valence electrons. The summed E-state index contributed by atoms with van der Waals surface area (Å²) >= 11 is 3.43. The summed E-state index contributed by atoms with van der Waals surface area (Å²) in [6.07, 6.45) is 0. The van der Waals surface area contributed by atoms with E-state index in [0.29, 0.717) is 11.5 Å². The summed E-state index contributed by atoms with van der Waals surface area (Å²) in [6, 6.07) is 11.5. The van der Waals surface area contributed by atoms with Crippen molar-refractivity contribution in [2.75, 3.05) is 0 Å². The van der Waals surface area contributed by atoms with Crippen molar-refractivity contribution in [3.63, 3.8) is 0 Å². The van der Waals surface area contributed by atoms with E-state index >= 15 is 0 Å². The van der Waals surface area contributed by atoms with Gasteiger partial charge in [0, 0.05) is 11.6 Å². The van der Waals surface area contributed by atoms with E-state index in [2.05, 4.69) is 19.8 Å². The molecule has 4 heteroatoms. The van der Waals surface area contributed by atoms with E-state index < -0.39 is 11.6 Å². The molecular formula is C15H13BrF2Mg. The highest BCUT2D eigenvalue weighted by Gasteiger charge is 2.09. The lowest BCUT2D eigenvalue weighted by Gasteiger charge is -2.11. The molecule has 19 heavy (non-hydrogen) atoms. The minimum Gasteiger partial charge on any atom is -0.307 e. The van der Waals surface area contributed by atoms with Crippen molar-refractivity contribution >= 4 is 31.1 Å². The van der Waals surface area contributed by atoms with Crippen molar-refractivity contribution in [1.82, 2.24) is 0 Å². The van der Waals surface area contributed by atoms with Gasteiger partial charge < -0.3 is 12.9 Å². The van der Waals surface area contributed by atoms with Crippen molar-refractivity contribution in [2.24, 2.45) is 0 Å². The van der Waals surface area contributed by atoms with Crippen LogP contribution in [0.3, 0.4) is 0 Å². The fourth-order valence-corrected chi connectivity index (χ4v) is 4.77. The molecule has 0 radical (unpaired) electrons. The second-order valence-electron chi connectivity index (χ2n) is 4.62. The SMILES string of the molecule is CC([CH2][Mg][Br])c1ccc(-c2ccc(F)cc2F)cc1. The predicted molar refractivity (Wildman–Crippen MR) is 79.7 cm³/mol. The molecule has 0 nitrogen and oxygen atoms in total. The molecule has 0 saturated heterocycles. The van der Waals surface area contributed by atoms with Crippen LogP contribution in [0.1, 0.15) is 18.4 Å². The summed E-state index contributed by atoms with van der Waals surface area (Å²) in [7, 11) is 0. The summed E-state index contributed by atoms with van der Waals surface area (Å²) in [6.45, 7) is 2.20. The topological polar surface area (TPSA) is 0 Å². The molecule has 0 heterocycles. The van der Waals surface area contributed by atoms with Crippen LogP contribution in [0.4, 0.5) is 8.78 Å². The monoisotopic (exact) mass is 334 g/mol. The van der Waals surface area contributed by atoms with E-state index in [9.17, 15) is 8.78 Å². The molecule has 0 amide bonds. The van der Waals surface area contributed by atoms with E-state index in [4.69, 9.17) is 0 Å². The molecule has 2 aromatic rings. The number of halogens is 3. The van der Waals surface area contributed by atoms with Gasteiger partial charge >= 0.3 is 18.2 Å². The fraction of sp³-hybridized carbons (Fsp3) is 0.200. The highest BCUT2D eigenvalue weighted by atomic mass is 79.9. The fourth-order valence-electron chi connectivity index (χ4n) is 2.05. The van der Waals surface area contributed by atoms with Crippen LogP contribution in [-0.2, 0) is 0 Å². The van der Waals surface area contributed by atoms with Crippen molar-refractivity contribution in [3.8, 4) is 11.1 Å². The summed E-state index contributed by atoms with van der Waals surface area (Å²) < 4.78 is 27.8. The largest absolute Gasteiger partial charge is 0.469 e. The highest BCUT2D eigenvalue weighted by molar-refractivity contribution is 9.23. The molecule has 0 N–H and O–H groups in total. The Balaban J connectivity index is 2.27. The number of benzene rings is 2. The Morgan fingerprint density at radius 3 is 2.37 bits per heavy atom. The predicted octanol–water partition coefficient (Wildman–Crippen LogP) is 5.17. The normalized spacial score (nSPS) is 12.0. The van der Waals surface area contributed by atoms with Gasteiger partial charge in [0.05, 0.1) is 0 Å². The van der Waals surface area contributed by atoms with Crippen molar-refractivity contribution in [1.29, 1.82) is 0 Å². The van der Waals surface area contributed by atoms with Gasteiger partial charge in [-0.25, -0.2) is 8.78 Å². The van der Waals surface area contributed by atoms with Gasteiger partial charge in [0.1, 0.15) is 11.6 Å². The number of rotatable bonds is 4. The maximum atomic E-state index is 13.7. The lowest BCUT2D eigenvalue weighted by atomic mass is 9.98. The van der Waals surface area contributed by atoms with Gasteiger partial charge in [0.25, 0.3) is 0 Å². The van der Waals surface area contributed by atoms with Crippen LogP contribution in [0.5, 0.6) is 0 Å². The Morgan fingerprint density at radius 2 is 1.79 bits per heavy atom. The first-order valence-corrected chi connectivity index (χ1v) is 11.1. The lowest BCUT2D eigenvalue weighted by Crippen LogP contribution is -1.95. The van der Waals surface area contributed by atoms with E-state index in [0.717, 1.165) is 11.6 Å². The summed E-state index contributed by atoms with van der Waals surface area (Å²) in [5, 5.41) is 0. The summed E-state index contributed by atoms with van der Waals surface area (Å²) in [5.41, 5.74) is 2.48. The summed E-state index contributed by atoms with van der Waals surface area (Å²) in [5.74, 6) is -0.541. The number of hydrogen-bond acceptors (Lipinski definition) is 0. The first-order valence-electron chi connectivity index (χ1n) is 6.23. The molecule has 1 atom stereocenters. The van der Waals surface area contributed by atoms with Crippen molar-refractivity contribution in [2.45, 2.75) is 17.4 Å². The third-order valence-electron chi connectivity index (χ3n) is 3.26. The van der Waals surface area contributed by atoms with Crippen LogP contribution in [0, 0.1) is 11.6 Å². The molecule has 0 aliphatic carbocycles. The molecule has 0 fully saturated rings. The minimum absolute atomic E-state index is 0.138. The van der Waals surface area contributed by atoms with E-state index in [-0.39, 0.29) is 18.2 Å². The lowest BCUT2D eigenvalue weighted by molar-refractivity contribution is 0.585. The molecule has 0 aromatic heterocycles. The Labute approximate surface area is 127 Å². The standard InChI is InChI=1S/C15H13F2.BrH.Mg/c1-10(2)11-3-5-12(6-4-11)14-8-7-13(16)9-15(14)17;;/h3-10H,1H2,2H3;1H;/q;;+1/p-1. The Morgan fingerprint density at radius 1 is 1.11 bits per heavy atom. The number of hydrogen-bond donors (Lipinski definition) is 0. The third kappa shape index (κ3) is 3.77. The van der Waals surface area contributed by atoms with Crippen LogP contribution < -0.4 is 0 Å². The van der Waals surface area contributed by atoms with Crippen LogP contribution in [0.2, 0.25) is 4.55 Å². The van der Waals surface area contributed by atoms with E-state index in [1.807, 2.05) is 24.3 Å². The van der Waals surface area contributed by atoms with Crippen LogP contribution >= 0.6 is 12.9 Å². The van der Waals surface area contributed by atoms with Crippen LogP contribution in [0.25, 0.3) is 11.1 Å². The van der Waals surface area contributed by atoms with Gasteiger partial charge in [-0.2, -0.15) is 0 Å². The van der Waals surface area contributed by atoms with Crippen molar-refractivity contribution in [3.05, 3.63) is 59.7 Å². The zero-order valence-electron chi connectivity index (χ0n) is 10.7. The first kappa shape index (κ1) is 14.9. The Kier molecular flexibility index (Phi) is 5.36. The maximum absolute atomic E-state index is 13.7. The second-order valence-corrected chi connectivity index (χ2v) is 7.96. The molecule has 0 aliphatic heterocycles. The van der Waals surface area contributed by atoms with E-state index in [1.165, 1.54) is 22.2 Å². The van der Waals surface area contributed by atoms with E-state index in [1.54, 1.807) is 0 Å². The molecule has 1 unspecified atom stereocenters. The van der Waals surface area contributed by atoms with Gasteiger partial charge in [-0.15, -0.1) is 4.55 Å². The molecule has 0 bridgehead atoms. The average molecular weight is 335 g/mol. The third-order valence-corrected chi connectivity index (χ3v) is 5.72. The highest BCUT2D eigenvalue weighted by Crippen LogP contribution is 2.26. The van der Waals surface area contributed by atoms with Crippen LogP contribution in [0.15, 0.2) is 42.5 Å². The van der Waals surface area contributed by atoms with Crippen molar-refractivity contribution < 1.29 is 8.78 Å². The summed E-state index contributed by atoms with van der Waals surface area (Å²) in [4.78, 5) is 0. The van der Waals surface area contributed by atoms with Gasteiger partial charge in [-0.1, -0.05) is 31.2 Å². The van der Waals surface area contributed by atoms with Gasteiger partial charge in [0.15, 0.2) is 0 Å². The minimum atomic E-state index is -0.547. The molecule has 0 saturated carbocycles. The van der Waals surface area contributed by atoms with Gasteiger partial charge in [0.2, 0.25) is 0 Å².